The van der Waals surface area contributed by atoms with Gasteiger partial charge >= 0.3 is 6.18 Å². The molecule has 0 radical (unpaired) electrons. The first-order chi connectivity index (χ1) is 11.4. The van der Waals surface area contributed by atoms with Gasteiger partial charge in [0, 0.05) is 19.0 Å². The van der Waals surface area contributed by atoms with Gasteiger partial charge < -0.3 is 10.2 Å². The highest BCUT2D eigenvalue weighted by Gasteiger charge is 2.32. The van der Waals surface area contributed by atoms with Crippen LogP contribution in [0.15, 0.2) is 18.2 Å². The van der Waals surface area contributed by atoms with E-state index in [0.29, 0.717) is 11.4 Å². The van der Waals surface area contributed by atoms with Gasteiger partial charge in [0.1, 0.15) is 0 Å². The number of amides is 1. The zero-order valence-electron chi connectivity index (χ0n) is 13.7. The molecule has 24 heavy (non-hydrogen) atoms. The van der Waals surface area contributed by atoms with Gasteiger partial charge in [0.25, 0.3) is 0 Å². The Labute approximate surface area is 140 Å². The van der Waals surface area contributed by atoms with Crippen LogP contribution in [0, 0.1) is 5.92 Å². The third kappa shape index (κ3) is 3.84. The summed E-state index contributed by atoms with van der Waals surface area (Å²) in [5.74, 6) is -0.228. The minimum Gasteiger partial charge on any atom is -0.370 e. The molecule has 1 aliphatic carbocycles. The molecule has 1 saturated heterocycles. The number of carbonyl (C=O) groups is 1. The summed E-state index contributed by atoms with van der Waals surface area (Å²) >= 11 is 0. The van der Waals surface area contributed by atoms with Crippen LogP contribution in [0.25, 0.3) is 0 Å². The zero-order chi connectivity index (χ0) is 17.2. The number of alkyl halides is 3. The molecule has 1 saturated carbocycles. The van der Waals surface area contributed by atoms with Crippen molar-refractivity contribution in [1.82, 2.24) is 0 Å². The Morgan fingerprint density at radius 1 is 1.04 bits per heavy atom. The van der Waals surface area contributed by atoms with Gasteiger partial charge in [-0.25, -0.2) is 0 Å². The van der Waals surface area contributed by atoms with E-state index in [0.717, 1.165) is 70.2 Å². The normalized spacial score (nSPS) is 19.5. The Hall–Kier alpha value is -1.72. The second kappa shape index (κ2) is 7.03. The number of hydrogen-bond acceptors (Lipinski definition) is 2. The van der Waals surface area contributed by atoms with Crippen molar-refractivity contribution in [1.29, 1.82) is 0 Å². The van der Waals surface area contributed by atoms with Crippen molar-refractivity contribution in [2.45, 2.75) is 51.1 Å². The molecule has 0 atom stereocenters. The minimum absolute atomic E-state index is 0.0836. The standard InChI is InChI=1S/C18H23F3N2O/c19-18(20,21)14-8-9-16(23-10-4-5-11-23)15(12-14)22-17(24)13-6-2-1-3-7-13/h8-9,12-13H,1-7,10-11H2,(H,22,24). The van der Waals surface area contributed by atoms with Crippen LogP contribution in [0.1, 0.15) is 50.5 Å². The summed E-state index contributed by atoms with van der Waals surface area (Å²) in [6, 6.07) is 3.67. The lowest BCUT2D eigenvalue weighted by atomic mass is 9.88. The van der Waals surface area contributed by atoms with Gasteiger partial charge in [-0.15, -0.1) is 0 Å². The number of carbonyl (C=O) groups excluding carboxylic acids is 1. The minimum atomic E-state index is -4.41. The summed E-state index contributed by atoms with van der Waals surface area (Å²) in [7, 11) is 0. The smallest absolute Gasteiger partial charge is 0.370 e. The highest BCUT2D eigenvalue weighted by atomic mass is 19.4. The van der Waals surface area contributed by atoms with E-state index in [4.69, 9.17) is 0 Å². The molecule has 3 rings (SSSR count). The quantitative estimate of drug-likeness (QED) is 0.855. The van der Waals surface area contributed by atoms with Crippen LogP contribution < -0.4 is 10.2 Å². The number of rotatable bonds is 3. The summed E-state index contributed by atoms with van der Waals surface area (Å²) in [4.78, 5) is 14.5. The van der Waals surface area contributed by atoms with Gasteiger partial charge in [-0.2, -0.15) is 13.2 Å². The Kier molecular flexibility index (Phi) is 5.01. The van der Waals surface area contributed by atoms with E-state index in [1.807, 2.05) is 0 Å². The number of nitrogens with one attached hydrogen (secondary N) is 1. The molecule has 0 unspecified atom stereocenters. The van der Waals surface area contributed by atoms with Crippen molar-refractivity contribution in [3.63, 3.8) is 0 Å². The SMILES string of the molecule is O=C(Nc1cc(C(F)(F)F)ccc1N1CCCC1)C1CCCCC1. The van der Waals surface area contributed by atoms with Crippen LogP contribution in [0.4, 0.5) is 24.5 Å². The van der Waals surface area contributed by atoms with Gasteiger partial charge in [-0.3, -0.25) is 4.79 Å². The topological polar surface area (TPSA) is 32.3 Å². The fourth-order valence-electron chi connectivity index (χ4n) is 3.65. The van der Waals surface area contributed by atoms with Gasteiger partial charge in [0.05, 0.1) is 16.9 Å². The zero-order valence-corrected chi connectivity index (χ0v) is 13.7. The van der Waals surface area contributed by atoms with E-state index >= 15 is 0 Å². The number of hydrogen-bond donors (Lipinski definition) is 1. The van der Waals surface area contributed by atoms with E-state index < -0.39 is 11.7 Å². The summed E-state index contributed by atoms with van der Waals surface area (Å²) in [5, 5.41) is 2.79. The number of halogens is 3. The lowest BCUT2D eigenvalue weighted by Gasteiger charge is -2.25. The lowest BCUT2D eigenvalue weighted by Crippen LogP contribution is -2.27. The molecular formula is C18H23F3N2O. The maximum atomic E-state index is 13.0. The fraction of sp³-hybridized carbons (Fsp3) is 0.611. The molecule has 1 N–H and O–H groups in total. The number of anilines is 2. The Morgan fingerprint density at radius 3 is 2.33 bits per heavy atom. The predicted octanol–water partition coefficient (Wildman–Crippen LogP) is 4.82. The van der Waals surface area contributed by atoms with Crippen LogP contribution in [0.3, 0.4) is 0 Å². The van der Waals surface area contributed by atoms with Crippen molar-refractivity contribution >= 4 is 17.3 Å². The van der Waals surface area contributed by atoms with E-state index in [2.05, 4.69) is 10.2 Å². The maximum absolute atomic E-state index is 13.0. The second-order valence-corrected chi connectivity index (χ2v) is 6.75. The third-order valence-electron chi connectivity index (χ3n) is 5.00. The summed E-state index contributed by atoms with van der Waals surface area (Å²) < 4.78 is 39.1. The molecule has 0 aromatic heterocycles. The van der Waals surface area contributed by atoms with Crippen LogP contribution >= 0.6 is 0 Å². The average molecular weight is 340 g/mol. The van der Waals surface area contributed by atoms with Crippen molar-refractivity contribution < 1.29 is 18.0 Å². The molecule has 6 heteroatoms. The summed E-state index contributed by atoms with van der Waals surface area (Å²) in [5.41, 5.74) is 0.274. The highest BCUT2D eigenvalue weighted by Crippen LogP contribution is 2.37. The molecule has 1 amide bonds. The molecule has 1 heterocycles. The van der Waals surface area contributed by atoms with Crippen LogP contribution in [-0.2, 0) is 11.0 Å². The fourth-order valence-corrected chi connectivity index (χ4v) is 3.65. The average Bonchev–Trinajstić information content (AvgIpc) is 3.09. The Morgan fingerprint density at radius 2 is 1.71 bits per heavy atom. The first kappa shape index (κ1) is 17.1. The molecule has 1 aromatic rings. The molecule has 2 fully saturated rings. The first-order valence-corrected chi connectivity index (χ1v) is 8.72. The number of benzene rings is 1. The number of nitrogens with zero attached hydrogens (tertiary/aromatic N) is 1. The first-order valence-electron chi connectivity index (χ1n) is 8.72. The highest BCUT2D eigenvalue weighted by molar-refractivity contribution is 5.96. The molecule has 3 nitrogen and oxygen atoms in total. The maximum Gasteiger partial charge on any atom is 0.416 e. The monoisotopic (exact) mass is 340 g/mol. The second-order valence-electron chi connectivity index (χ2n) is 6.75. The van der Waals surface area contributed by atoms with Gasteiger partial charge in [-0.05, 0) is 43.9 Å². The van der Waals surface area contributed by atoms with E-state index in [9.17, 15) is 18.0 Å². The molecular weight excluding hydrogens is 317 g/mol. The largest absolute Gasteiger partial charge is 0.416 e. The molecule has 1 aromatic carbocycles. The third-order valence-corrected chi connectivity index (χ3v) is 5.00. The summed E-state index contributed by atoms with van der Waals surface area (Å²) in [6.07, 6.45) is 2.45. The van der Waals surface area contributed by atoms with E-state index in [1.165, 1.54) is 6.07 Å². The van der Waals surface area contributed by atoms with Crippen molar-refractivity contribution in [3.05, 3.63) is 23.8 Å². The molecule has 0 spiro atoms. The van der Waals surface area contributed by atoms with Crippen molar-refractivity contribution in [3.8, 4) is 0 Å². The van der Waals surface area contributed by atoms with Gasteiger partial charge in [0.2, 0.25) is 5.91 Å². The van der Waals surface area contributed by atoms with Gasteiger partial charge in [0.15, 0.2) is 0 Å². The van der Waals surface area contributed by atoms with E-state index in [-0.39, 0.29) is 11.8 Å². The van der Waals surface area contributed by atoms with Gasteiger partial charge in [-0.1, -0.05) is 19.3 Å². The predicted molar refractivity (Wildman–Crippen MR) is 88.1 cm³/mol. The Balaban J connectivity index is 1.85. The van der Waals surface area contributed by atoms with Crippen molar-refractivity contribution in [2.75, 3.05) is 23.3 Å². The molecule has 2 aliphatic rings. The molecule has 1 aliphatic heterocycles. The Bertz CT molecular complexity index is 588. The van der Waals surface area contributed by atoms with Crippen LogP contribution in [-0.4, -0.2) is 19.0 Å². The molecule has 0 bridgehead atoms. The van der Waals surface area contributed by atoms with Crippen molar-refractivity contribution in [2.24, 2.45) is 5.92 Å². The van der Waals surface area contributed by atoms with Crippen LogP contribution in [0.5, 0.6) is 0 Å². The van der Waals surface area contributed by atoms with E-state index in [1.54, 1.807) is 0 Å². The molecule has 132 valence electrons. The summed E-state index contributed by atoms with van der Waals surface area (Å²) in [6.45, 7) is 1.63. The lowest BCUT2D eigenvalue weighted by molar-refractivity contribution is -0.137. The van der Waals surface area contributed by atoms with Crippen LogP contribution in [0.2, 0.25) is 0 Å².